The molecule has 0 aromatic carbocycles. The summed E-state index contributed by atoms with van der Waals surface area (Å²) >= 11 is 0. The highest BCUT2D eigenvalue weighted by Crippen LogP contribution is 2.28. The van der Waals surface area contributed by atoms with Crippen LogP contribution < -0.4 is 0 Å². The Morgan fingerprint density at radius 2 is 1.85 bits per heavy atom. The largest absolute Gasteiger partial charge is 0.481 e. The standard InChI is InChI=1S/C15H26N2O3/c1-3-12-7-5-4-6-9-17(12)15(20)16-10-8-13(11(16)2)14(18)19/h11-13H,3-10H2,1-2H3,(H,18,19). The van der Waals surface area contributed by atoms with Gasteiger partial charge in [0.1, 0.15) is 0 Å². The Morgan fingerprint density at radius 3 is 2.45 bits per heavy atom. The molecule has 1 N–H and O–H groups in total. The first-order valence-corrected chi connectivity index (χ1v) is 7.86. The van der Waals surface area contributed by atoms with E-state index in [2.05, 4.69) is 6.92 Å². The smallest absolute Gasteiger partial charge is 0.320 e. The molecule has 2 heterocycles. The van der Waals surface area contributed by atoms with Gasteiger partial charge in [0.05, 0.1) is 5.92 Å². The Labute approximate surface area is 120 Å². The summed E-state index contributed by atoms with van der Waals surface area (Å²) in [5.74, 6) is -1.19. The highest BCUT2D eigenvalue weighted by atomic mass is 16.4. The van der Waals surface area contributed by atoms with Crippen LogP contribution in [-0.4, -0.2) is 52.1 Å². The SMILES string of the molecule is CCC1CCCCCN1C(=O)N1CCC(C(=O)O)C1C. The molecular weight excluding hydrogens is 256 g/mol. The van der Waals surface area contributed by atoms with E-state index < -0.39 is 11.9 Å². The molecule has 2 fully saturated rings. The highest BCUT2D eigenvalue weighted by molar-refractivity contribution is 5.78. The van der Waals surface area contributed by atoms with Crippen molar-refractivity contribution in [1.82, 2.24) is 9.80 Å². The van der Waals surface area contributed by atoms with E-state index in [1.807, 2.05) is 11.8 Å². The second kappa shape index (κ2) is 6.46. The first kappa shape index (κ1) is 15.1. The first-order chi connectivity index (χ1) is 9.56. The fraction of sp³-hybridized carbons (Fsp3) is 0.867. The van der Waals surface area contributed by atoms with E-state index in [1.165, 1.54) is 12.8 Å². The van der Waals surface area contributed by atoms with Gasteiger partial charge in [-0.3, -0.25) is 4.79 Å². The van der Waals surface area contributed by atoms with Gasteiger partial charge in [-0.05, 0) is 32.6 Å². The molecule has 0 aromatic heterocycles. The highest BCUT2D eigenvalue weighted by Gasteiger charge is 2.40. The lowest BCUT2D eigenvalue weighted by Gasteiger charge is -2.35. The molecule has 0 spiro atoms. The summed E-state index contributed by atoms with van der Waals surface area (Å²) in [6.45, 7) is 5.38. The summed E-state index contributed by atoms with van der Waals surface area (Å²) in [7, 11) is 0. The monoisotopic (exact) mass is 282 g/mol. The van der Waals surface area contributed by atoms with Crippen molar-refractivity contribution in [2.24, 2.45) is 5.92 Å². The van der Waals surface area contributed by atoms with Crippen molar-refractivity contribution < 1.29 is 14.7 Å². The Kier molecular flexibility index (Phi) is 4.89. The summed E-state index contributed by atoms with van der Waals surface area (Å²) in [5.41, 5.74) is 0. The Hall–Kier alpha value is -1.26. The average Bonchev–Trinajstić information content (AvgIpc) is 2.66. The van der Waals surface area contributed by atoms with E-state index in [0.717, 1.165) is 25.8 Å². The molecule has 2 aliphatic rings. The summed E-state index contributed by atoms with van der Waals surface area (Å²) in [5, 5.41) is 9.19. The number of nitrogens with zero attached hydrogens (tertiary/aromatic N) is 2. The van der Waals surface area contributed by atoms with Gasteiger partial charge in [-0.25, -0.2) is 4.79 Å². The van der Waals surface area contributed by atoms with Crippen LogP contribution in [0, 0.1) is 5.92 Å². The van der Waals surface area contributed by atoms with Gasteiger partial charge in [0, 0.05) is 25.2 Å². The second-order valence-corrected chi connectivity index (χ2v) is 6.05. The number of carbonyl (C=O) groups excluding carboxylic acids is 1. The third kappa shape index (κ3) is 2.91. The number of carboxylic acids is 1. The number of hydrogen-bond acceptors (Lipinski definition) is 2. The quantitative estimate of drug-likeness (QED) is 0.846. The molecule has 3 atom stereocenters. The minimum atomic E-state index is -0.782. The van der Waals surface area contributed by atoms with Crippen LogP contribution in [0.3, 0.4) is 0 Å². The van der Waals surface area contributed by atoms with Gasteiger partial charge in [-0.1, -0.05) is 19.8 Å². The molecule has 0 bridgehead atoms. The van der Waals surface area contributed by atoms with Crippen LogP contribution in [0.2, 0.25) is 0 Å². The Bertz CT molecular complexity index is 372. The molecular formula is C15H26N2O3. The van der Waals surface area contributed by atoms with E-state index in [9.17, 15) is 14.7 Å². The zero-order chi connectivity index (χ0) is 14.7. The molecule has 5 nitrogen and oxygen atoms in total. The summed E-state index contributed by atoms with van der Waals surface area (Å²) in [6, 6.07) is 0.178. The molecule has 0 aromatic rings. The maximum Gasteiger partial charge on any atom is 0.320 e. The normalized spacial score (nSPS) is 31.2. The Balaban J connectivity index is 2.07. The molecule has 2 amide bonds. The molecule has 2 rings (SSSR count). The van der Waals surface area contributed by atoms with Crippen molar-refractivity contribution in [2.75, 3.05) is 13.1 Å². The molecule has 3 unspecified atom stereocenters. The van der Waals surface area contributed by atoms with Gasteiger partial charge in [0.15, 0.2) is 0 Å². The lowest BCUT2D eigenvalue weighted by atomic mass is 10.0. The second-order valence-electron chi connectivity index (χ2n) is 6.05. The number of carbonyl (C=O) groups is 2. The predicted molar refractivity (Wildman–Crippen MR) is 76.6 cm³/mol. The molecule has 5 heteroatoms. The molecule has 0 radical (unpaired) electrons. The fourth-order valence-electron chi connectivity index (χ4n) is 3.56. The number of aliphatic carboxylic acids is 1. The lowest BCUT2D eigenvalue weighted by molar-refractivity contribution is -0.142. The molecule has 0 saturated carbocycles. The number of hydrogen-bond donors (Lipinski definition) is 1. The minimum absolute atomic E-state index is 0.0509. The third-order valence-corrected chi connectivity index (χ3v) is 4.91. The van der Waals surface area contributed by atoms with E-state index in [0.29, 0.717) is 19.0 Å². The maximum absolute atomic E-state index is 12.8. The summed E-state index contributed by atoms with van der Waals surface area (Å²) in [4.78, 5) is 27.7. The van der Waals surface area contributed by atoms with Crippen LogP contribution in [0.15, 0.2) is 0 Å². The number of urea groups is 1. The third-order valence-electron chi connectivity index (χ3n) is 4.91. The number of carboxylic acid groups (broad SMARTS) is 1. The van der Waals surface area contributed by atoms with Crippen LogP contribution in [-0.2, 0) is 4.79 Å². The van der Waals surface area contributed by atoms with Crippen molar-refractivity contribution in [3.8, 4) is 0 Å². The van der Waals surface area contributed by atoms with Crippen molar-refractivity contribution >= 4 is 12.0 Å². The molecule has 20 heavy (non-hydrogen) atoms. The van der Waals surface area contributed by atoms with E-state index in [-0.39, 0.29) is 12.1 Å². The van der Waals surface area contributed by atoms with Crippen molar-refractivity contribution in [2.45, 2.75) is 64.5 Å². The van der Waals surface area contributed by atoms with E-state index in [4.69, 9.17) is 0 Å². The average molecular weight is 282 g/mol. The maximum atomic E-state index is 12.8. The topological polar surface area (TPSA) is 60.9 Å². The number of rotatable bonds is 2. The zero-order valence-electron chi connectivity index (χ0n) is 12.5. The molecule has 114 valence electrons. The van der Waals surface area contributed by atoms with Gasteiger partial charge in [0.2, 0.25) is 0 Å². The van der Waals surface area contributed by atoms with Gasteiger partial charge in [-0.15, -0.1) is 0 Å². The van der Waals surface area contributed by atoms with Crippen LogP contribution in [0.1, 0.15) is 52.4 Å². The Morgan fingerprint density at radius 1 is 1.10 bits per heavy atom. The van der Waals surface area contributed by atoms with E-state index >= 15 is 0 Å². The van der Waals surface area contributed by atoms with Crippen LogP contribution >= 0.6 is 0 Å². The van der Waals surface area contributed by atoms with Crippen LogP contribution in [0.5, 0.6) is 0 Å². The summed E-state index contributed by atoms with van der Waals surface area (Å²) < 4.78 is 0. The fourth-order valence-corrected chi connectivity index (χ4v) is 3.56. The lowest BCUT2D eigenvalue weighted by Crippen LogP contribution is -2.50. The minimum Gasteiger partial charge on any atom is -0.481 e. The zero-order valence-corrected chi connectivity index (χ0v) is 12.5. The van der Waals surface area contributed by atoms with Gasteiger partial charge >= 0.3 is 12.0 Å². The first-order valence-electron chi connectivity index (χ1n) is 7.86. The van der Waals surface area contributed by atoms with Gasteiger partial charge in [-0.2, -0.15) is 0 Å². The van der Waals surface area contributed by atoms with Gasteiger partial charge < -0.3 is 14.9 Å². The van der Waals surface area contributed by atoms with Crippen molar-refractivity contribution in [1.29, 1.82) is 0 Å². The van der Waals surface area contributed by atoms with Crippen molar-refractivity contribution in [3.63, 3.8) is 0 Å². The number of amides is 2. The van der Waals surface area contributed by atoms with Gasteiger partial charge in [0.25, 0.3) is 0 Å². The van der Waals surface area contributed by atoms with Crippen molar-refractivity contribution in [3.05, 3.63) is 0 Å². The van der Waals surface area contributed by atoms with Crippen LogP contribution in [0.4, 0.5) is 4.79 Å². The predicted octanol–water partition coefficient (Wildman–Crippen LogP) is 2.56. The van der Waals surface area contributed by atoms with Crippen LogP contribution in [0.25, 0.3) is 0 Å². The summed E-state index contributed by atoms with van der Waals surface area (Å²) in [6.07, 6.45) is 6.08. The molecule has 2 saturated heterocycles. The number of likely N-dealkylation sites (tertiary alicyclic amines) is 2. The molecule has 0 aliphatic carbocycles. The van der Waals surface area contributed by atoms with E-state index in [1.54, 1.807) is 4.90 Å². The molecule has 2 aliphatic heterocycles.